The molecule has 5 aliphatic carbocycles. The minimum absolute atomic E-state index is 0.0532. The standard InChI is InChI=1S/C63H55NO/c1-39-32-41-34-40(2)63(43(33-39)35-41)56-21-8-5-15-49(56)54-36-42(24-29-57(54)63)46-17-12-19-51-47(46)18-13-22-59(51)64(45-26-28-53-52-16-6-9-23-60(52)65-61(53)38-45)44-25-27-50-48-14-4-7-20-55(48)62(58(50)37-44)30-10-3-11-31-62/h4-9,12-29,36-41,43H,3,10-11,30-35H2,1-2H3/t39-,40+,41?,43-,63-/m1/s1. The topological polar surface area (TPSA) is 16.4 Å². The van der Waals surface area contributed by atoms with Crippen LogP contribution < -0.4 is 4.90 Å². The number of hydrogen-bond donors (Lipinski definition) is 0. The second-order valence-electron chi connectivity index (χ2n) is 20.9. The Morgan fingerprint density at radius 1 is 0.462 bits per heavy atom. The van der Waals surface area contributed by atoms with Crippen molar-refractivity contribution in [2.75, 3.05) is 4.90 Å². The first-order valence-corrected chi connectivity index (χ1v) is 24.7. The highest BCUT2D eigenvalue weighted by atomic mass is 16.3. The van der Waals surface area contributed by atoms with E-state index in [1.54, 1.807) is 11.1 Å². The maximum Gasteiger partial charge on any atom is 0.137 e. The van der Waals surface area contributed by atoms with Gasteiger partial charge in [-0.1, -0.05) is 148 Å². The number of nitrogens with zero attached hydrogens (tertiary/aromatic N) is 1. The number of hydrogen-bond acceptors (Lipinski definition) is 2. The third-order valence-corrected chi connectivity index (χ3v) is 17.6. The molecule has 5 atom stereocenters. The Labute approximate surface area is 382 Å². The molecule has 0 radical (unpaired) electrons. The van der Waals surface area contributed by atoms with Crippen molar-refractivity contribution in [2.45, 2.75) is 82.5 Å². The number of furan rings is 1. The number of benzene rings is 8. The molecule has 1 heterocycles. The van der Waals surface area contributed by atoms with Gasteiger partial charge in [-0.25, -0.2) is 0 Å². The number of anilines is 3. The smallest absolute Gasteiger partial charge is 0.137 e. The Bertz CT molecular complexity index is 3400. The van der Waals surface area contributed by atoms with Crippen LogP contribution in [0.15, 0.2) is 168 Å². The van der Waals surface area contributed by atoms with Gasteiger partial charge in [0.2, 0.25) is 0 Å². The molecule has 1 unspecified atom stereocenters. The molecule has 0 aliphatic heterocycles. The zero-order valence-corrected chi connectivity index (χ0v) is 37.6. The highest BCUT2D eigenvalue weighted by molar-refractivity contribution is 6.09. The van der Waals surface area contributed by atoms with E-state index in [1.807, 2.05) is 0 Å². The Hall–Kier alpha value is -6.38. The fourth-order valence-electron chi connectivity index (χ4n) is 15.2. The average molecular weight is 842 g/mol. The second kappa shape index (κ2) is 14.1. The lowest BCUT2D eigenvalue weighted by Gasteiger charge is -2.54. The molecule has 5 aliphatic rings. The van der Waals surface area contributed by atoms with Gasteiger partial charge in [0.05, 0.1) is 5.69 Å². The van der Waals surface area contributed by atoms with Crippen LogP contribution in [0.2, 0.25) is 0 Å². The summed E-state index contributed by atoms with van der Waals surface area (Å²) in [4.78, 5) is 2.52. The lowest BCUT2D eigenvalue weighted by molar-refractivity contribution is 0.0426. The van der Waals surface area contributed by atoms with Crippen LogP contribution in [0.4, 0.5) is 17.1 Å². The largest absolute Gasteiger partial charge is 0.456 e. The van der Waals surface area contributed by atoms with Gasteiger partial charge in [-0.15, -0.1) is 0 Å². The Morgan fingerprint density at radius 2 is 1.14 bits per heavy atom. The molecule has 14 rings (SSSR count). The molecule has 318 valence electrons. The minimum atomic E-state index is 0.0532. The molecule has 65 heavy (non-hydrogen) atoms. The van der Waals surface area contributed by atoms with Crippen LogP contribution in [-0.2, 0) is 10.8 Å². The van der Waals surface area contributed by atoms with Crippen molar-refractivity contribution in [3.05, 3.63) is 186 Å². The van der Waals surface area contributed by atoms with Gasteiger partial charge >= 0.3 is 0 Å². The lowest BCUT2D eigenvalue weighted by atomic mass is 9.49. The van der Waals surface area contributed by atoms with Gasteiger partial charge in [-0.3, -0.25) is 0 Å². The predicted molar refractivity (Wildman–Crippen MR) is 271 cm³/mol. The van der Waals surface area contributed by atoms with Crippen molar-refractivity contribution >= 4 is 49.8 Å². The second-order valence-corrected chi connectivity index (χ2v) is 20.9. The van der Waals surface area contributed by atoms with Crippen LogP contribution in [-0.4, -0.2) is 0 Å². The lowest BCUT2D eigenvalue weighted by Crippen LogP contribution is -2.49. The average Bonchev–Trinajstić information content (AvgIpc) is 3.95. The molecule has 3 saturated carbocycles. The molecule has 0 amide bonds. The van der Waals surface area contributed by atoms with E-state index in [0.717, 1.165) is 39.5 Å². The molecule has 2 bridgehead atoms. The van der Waals surface area contributed by atoms with Gasteiger partial charge in [0.15, 0.2) is 0 Å². The van der Waals surface area contributed by atoms with Crippen molar-refractivity contribution in [1.82, 2.24) is 0 Å². The Morgan fingerprint density at radius 3 is 2.03 bits per heavy atom. The quantitative estimate of drug-likeness (QED) is 0.176. The zero-order valence-electron chi connectivity index (χ0n) is 37.6. The molecular formula is C63H55NO. The SMILES string of the molecule is C[C@@H]1CC2C[C@@H](C1)[C@@]1(c3ccccc3-c3cc(-c4cccc5c(N(c6ccc7c(c6)C6(CCCCC6)c6ccccc6-7)c6ccc7c(c6)oc6ccccc67)cccc45)ccc31)[C@@H](C)C2. The monoisotopic (exact) mass is 841 g/mol. The van der Waals surface area contributed by atoms with E-state index in [0.29, 0.717) is 11.8 Å². The molecule has 9 aromatic rings. The van der Waals surface area contributed by atoms with Crippen LogP contribution >= 0.6 is 0 Å². The summed E-state index contributed by atoms with van der Waals surface area (Å²) in [7, 11) is 0. The minimum Gasteiger partial charge on any atom is -0.456 e. The maximum atomic E-state index is 6.60. The zero-order chi connectivity index (χ0) is 43.0. The molecule has 2 heteroatoms. The fourth-order valence-corrected chi connectivity index (χ4v) is 15.2. The number of fused-ring (bicyclic) bond motifs is 17. The molecule has 3 fully saturated rings. The van der Waals surface area contributed by atoms with Crippen molar-refractivity contribution in [1.29, 1.82) is 0 Å². The van der Waals surface area contributed by atoms with Gasteiger partial charge in [0.25, 0.3) is 0 Å². The summed E-state index contributed by atoms with van der Waals surface area (Å²) in [5.74, 6) is 2.98. The number of para-hydroxylation sites is 1. The van der Waals surface area contributed by atoms with E-state index in [-0.39, 0.29) is 10.8 Å². The highest BCUT2D eigenvalue weighted by Gasteiger charge is 2.56. The molecule has 0 saturated heterocycles. The van der Waals surface area contributed by atoms with E-state index < -0.39 is 0 Å². The van der Waals surface area contributed by atoms with Crippen LogP contribution in [0.25, 0.3) is 66.1 Å². The summed E-state index contributed by atoms with van der Waals surface area (Å²) >= 11 is 0. The van der Waals surface area contributed by atoms with Crippen molar-refractivity contribution in [3.8, 4) is 33.4 Å². The van der Waals surface area contributed by atoms with Gasteiger partial charge in [0.1, 0.15) is 11.2 Å². The Kier molecular flexibility index (Phi) is 8.21. The number of rotatable bonds is 4. The van der Waals surface area contributed by atoms with Gasteiger partial charge in [-0.2, -0.15) is 0 Å². The predicted octanol–water partition coefficient (Wildman–Crippen LogP) is 17.5. The third kappa shape index (κ3) is 5.29. The first-order chi connectivity index (χ1) is 32.0. The molecule has 8 aromatic carbocycles. The van der Waals surface area contributed by atoms with E-state index in [9.17, 15) is 0 Å². The van der Waals surface area contributed by atoms with Gasteiger partial charge < -0.3 is 9.32 Å². The van der Waals surface area contributed by atoms with Crippen molar-refractivity contribution in [2.24, 2.45) is 23.7 Å². The van der Waals surface area contributed by atoms with E-state index >= 15 is 0 Å². The van der Waals surface area contributed by atoms with Crippen LogP contribution in [0.1, 0.15) is 93.9 Å². The molecular weight excluding hydrogens is 787 g/mol. The Balaban J connectivity index is 0.951. The first kappa shape index (κ1) is 37.9. The van der Waals surface area contributed by atoms with Crippen molar-refractivity contribution < 1.29 is 4.42 Å². The summed E-state index contributed by atoms with van der Waals surface area (Å²) < 4.78 is 6.60. The van der Waals surface area contributed by atoms with E-state index in [1.165, 1.54) is 124 Å². The first-order valence-electron chi connectivity index (χ1n) is 24.7. The van der Waals surface area contributed by atoms with Crippen molar-refractivity contribution in [3.63, 3.8) is 0 Å². The van der Waals surface area contributed by atoms with E-state index in [2.05, 4.69) is 183 Å². The normalized spacial score (nSPS) is 23.5. The fraction of sp³-hybridized carbons (Fsp3) is 0.270. The molecule has 2 nitrogen and oxygen atoms in total. The molecule has 2 spiro atoms. The molecule has 1 aromatic heterocycles. The summed E-state index contributed by atoms with van der Waals surface area (Å²) in [5, 5.41) is 4.82. The third-order valence-electron chi connectivity index (χ3n) is 17.6. The summed E-state index contributed by atoms with van der Waals surface area (Å²) in [6.45, 7) is 5.09. The molecule has 0 N–H and O–H groups in total. The summed E-state index contributed by atoms with van der Waals surface area (Å²) in [5.41, 5.74) is 19.9. The maximum absolute atomic E-state index is 6.60. The van der Waals surface area contributed by atoms with Crippen LogP contribution in [0, 0.1) is 23.7 Å². The summed E-state index contributed by atoms with van der Waals surface area (Å²) in [6, 6.07) is 62.9. The van der Waals surface area contributed by atoms with Crippen LogP contribution in [0.5, 0.6) is 0 Å². The highest BCUT2D eigenvalue weighted by Crippen LogP contribution is 2.65. The van der Waals surface area contributed by atoms with Gasteiger partial charge in [-0.05, 0) is 166 Å². The van der Waals surface area contributed by atoms with Crippen LogP contribution in [0.3, 0.4) is 0 Å². The summed E-state index contributed by atoms with van der Waals surface area (Å²) in [6.07, 6.45) is 11.7. The van der Waals surface area contributed by atoms with E-state index in [4.69, 9.17) is 4.42 Å². The van der Waals surface area contributed by atoms with Gasteiger partial charge in [0, 0.05) is 44.4 Å².